The van der Waals surface area contributed by atoms with Crippen LogP contribution in [0.5, 0.6) is 5.75 Å². The van der Waals surface area contributed by atoms with Crippen LogP contribution in [-0.4, -0.2) is 25.1 Å². The third kappa shape index (κ3) is 4.59. The van der Waals surface area contributed by atoms with Crippen LogP contribution >= 0.6 is 11.3 Å². The van der Waals surface area contributed by atoms with Gasteiger partial charge in [0.25, 0.3) is 0 Å². The van der Waals surface area contributed by atoms with Crippen LogP contribution in [0.1, 0.15) is 69.1 Å². The molecule has 0 N–H and O–H groups in total. The number of epoxide rings is 1. The van der Waals surface area contributed by atoms with E-state index in [-0.39, 0.29) is 6.10 Å². The first-order chi connectivity index (χ1) is 13.7. The summed E-state index contributed by atoms with van der Waals surface area (Å²) in [5.41, 5.74) is 6.63. The monoisotopic (exact) mass is 412 g/mol. The fourth-order valence-corrected chi connectivity index (χ4v) is 5.69. The molecular formula is C25H32O3S. The maximum Gasteiger partial charge on any atom is 0.173 e. The number of thiophene rings is 1. The summed E-state index contributed by atoms with van der Waals surface area (Å²) in [6.07, 6.45) is 4.93. The molecule has 1 fully saturated rings. The summed E-state index contributed by atoms with van der Waals surface area (Å²) in [6, 6.07) is 4.34. The second kappa shape index (κ2) is 7.88. The highest BCUT2D eigenvalue weighted by molar-refractivity contribution is 7.14. The predicted octanol–water partition coefficient (Wildman–Crippen LogP) is 5.78. The molecule has 1 saturated heterocycles. The summed E-state index contributed by atoms with van der Waals surface area (Å²) in [6.45, 7) is 12.5. The number of ketones is 1. The van der Waals surface area contributed by atoms with Gasteiger partial charge in [0, 0.05) is 11.3 Å². The van der Waals surface area contributed by atoms with E-state index in [4.69, 9.17) is 9.47 Å². The Labute approximate surface area is 178 Å². The summed E-state index contributed by atoms with van der Waals surface area (Å²) >= 11 is 1.72. The van der Waals surface area contributed by atoms with Crippen LogP contribution in [0.2, 0.25) is 0 Å². The fraction of sp³-hybridized carbons (Fsp3) is 0.560. The molecule has 3 nitrogen and oxygen atoms in total. The molecule has 4 heteroatoms. The van der Waals surface area contributed by atoms with Crippen LogP contribution in [0.15, 0.2) is 12.1 Å². The molecule has 1 aromatic heterocycles. The molecule has 1 aliphatic carbocycles. The van der Waals surface area contributed by atoms with Crippen LogP contribution in [-0.2, 0) is 24.0 Å². The van der Waals surface area contributed by atoms with Gasteiger partial charge in [0.1, 0.15) is 18.5 Å². The van der Waals surface area contributed by atoms with E-state index in [0.717, 1.165) is 47.6 Å². The highest BCUT2D eigenvalue weighted by Gasteiger charge is 2.31. The van der Waals surface area contributed by atoms with Gasteiger partial charge in [-0.05, 0) is 79.7 Å². The summed E-state index contributed by atoms with van der Waals surface area (Å²) in [5, 5.41) is 0. The largest absolute Gasteiger partial charge is 0.490 e. The van der Waals surface area contributed by atoms with E-state index in [1.54, 1.807) is 11.3 Å². The Kier molecular flexibility index (Phi) is 5.60. The quantitative estimate of drug-likeness (QED) is 0.427. The molecule has 1 aromatic carbocycles. The average molecular weight is 413 g/mol. The van der Waals surface area contributed by atoms with Crippen molar-refractivity contribution in [3.05, 3.63) is 49.7 Å². The van der Waals surface area contributed by atoms with Crippen LogP contribution in [0.4, 0.5) is 0 Å². The van der Waals surface area contributed by atoms with Gasteiger partial charge >= 0.3 is 0 Å². The zero-order valence-corrected chi connectivity index (χ0v) is 19.1. The molecule has 0 spiro atoms. The van der Waals surface area contributed by atoms with Crippen molar-refractivity contribution in [1.29, 1.82) is 0 Å². The van der Waals surface area contributed by atoms with Crippen molar-refractivity contribution in [3.8, 4) is 5.75 Å². The number of rotatable bonds is 7. The molecule has 2 aliphatic rings. The van der Waals surface area contributed by atoms with E-state index in [9.17, 15) is 4.79 Å². The first-order valence-electron chi connectivity index (χ1n) is 10.7. The lowest BCUT2D eigenvalue weighted by Crippen LogP contribution is -2.22. The fourth-order valence-electron chi connectivity index (χ4n) is 4.50. The van der Waals surface area contributed by atoms with Gasteiger partial charge in [0.15, 0.2) is 5.78 Å². The molecule has 1 atom stereocenters. The third-order valence-electron chi connectivity index (χ3n) is 6.26. The molecule has 1 aliphatic heterocycles. The number of fused-ring (bicyclic) bond motifs is 1. The standard InChI is InChI=1S/C25H32O3S/c1-15-10-18(11-16(2)23(15)28-14-19-13-27-19)6-7-22(26)24-20-8-9-25(4,5)12-21(20)17(3)29-24/h10-11,19H,6-9,12-14H2,1-5H3. The van der Waals surface area contributed by atoms with Crippen LogP contribution in [0, 0.1) is 26.2 Å². The van der Waals surface area contributed by atoms with E-state index in [0.29, 0.717) is 24.2 Å². The number of carbonyl (C=O) groups is 1. The van der Waals surface area contributed by atoms with Crippen LogP contribution in [0.25, 0.3) is 0 Å². The van der Waals surface area contributed by atoms with Gasteiger partial charge in [-0.25, -0.2) is 0 Å². The number of Topliss-reactive ketones (excluding diaryl/α,β-unsaturated/α-hetero) is 1. The van der Waals surface area contributed by atoms with Crippen LogP contribution in [0.3, 0.4) is 0 Å². The first kappa shape index (κ1) is 20.6. The minimum atomic E-state index is 0.261. The average Bonchev–Trinajstić information content (AvgIpc) is 3.42. The number of hydrogen-bond donors (Lipinski definition) is 0. The lowest BCUT2D eigenvalue weighted by Gasteiger charge is -2.30. The number of benzene rings is 1. The Morgan fingerprint density at radius 1 is 1.21 bits per heavy atom. The number of hydrogen-bond acceptors (Lipinski definition) is 4. The second-order valence-electron chi connectivity index (χ2n) is 9.53. The van der Waals surface area contributed by atoms with Crippen molar-refractivity contribution < 1.29 is 14.3 Å². The molecule has 2 heterocycles. The molecule has 1 unspecified atom stereocenters. The molecule has 156 valence electrons. The molecule has 29 heavy (non-hydrogen) atoms. The minimum Gasteiger partial charge on any atom is -0.490 e. The van der Waals surface area contributed by atoms with Crippen molar-refractivity contribution in [2.75, 3.05) is 13.2 Å². The number of ether oxygens (including phenoxy) is 2. The van der Waals surface area contributed by atoms with Crippen LogP contribution < -0.4 is 4.74 Å². The van der Waals surface area contributed by atoms with E-state index in [2.05, 4.69) is 46.8 Å². The van der Waals surface area contributed by atoms with Gasteiger partial charge in [-0.15, -0.1) is 11.3 Å². The first-order valence-corrected chi connectivity index (χ1v) is 11.5. The number of carbonyl (C=O) groups excluding carboxylic acids is 1. The zero-order valence-electron chi connectivity index (χ0n) is 18.3. The van der Waals surface area contributed by atoms with Gasteiger partial charge in [-0.3, -0.25) is 4.79 Å². The third-order valence-corrected chi connectivity index (χ3v) is 7.49. The predicted molar refractivity (Wildman–Crippen MR) is 119 cm³/mol. The van der Waals surface area contributed by atoms with E-state index < -0.39 is 0 Å². The highest BCUT2D eigenvalue weighted by Crippen LogP contribution is 2.41. The Bertz CT molecular complexity index is 911. The molecule has 0 amide bonds. The van der Waals surface area contributed by atoms with Gasteiger partial charge < -0.3 is 9.47 Å². The zero-order chi connectivity index (χ0) is 20.8. The molecule has 4 rings (SSSR count). The van der Waals surface area contributed by atoms with Gasteiger partial charge in [0.05, 0.1) is 11.5 Å². The van der Waals surface area contributed by atoms with E-state index >= 15 is 0 Å². The Morgan fingerprint density at radius 3 is 2.55 bits per heavy atom. The smallest absolute Gasteiger partial charge is 0.173 e. The van der Waals surface area contributed by atoms with E-state index in [1.165, 1.54) is 28.0 Å². The summed E-state index contributed by atoms with van der Waals surface area (Å²) in [5.74, 6) is 1.27. The Morgan fingerprint density at radius 2 is 1.90 bits per heavy atom. The summed E-state index contributed by atoms with van der Waals surface area (Å²) < 4.78 is 11.2. The maximum atomic E-state index is 13.1. The Balaban J connectivity index is 1.44. The van der Waals surface area contributed by atoms with Crippen molar-refractivity contribution in [2.45, 2.75) is 72.8 Å². The van der Waals surface area contributed by atoms with Crippen molar-refractivity contribution in [2.24, 2.45) is 5.41 Å². The second-order valence-corrected chi connectivity index (χ2v) is 10.8. The maximum absolute atomic E-state index is 13.1. The van der Waals surface area contributed by atoms with Gasteiger partial charge in [0.2, 0.25) is 0 Å². The van der Waals surface area contributed by atoms with Crippen molar-refractivity contribution in [1.82, 2.24) is 0 Å². The lowest BCUT2D eigenvalue weighted by molar-refractivity contribution is 0.0985. The molecule has 2 aromatic rings. The number of aryl methyl sites for hydroxylation is 4. The van der Waals surface area contributed by atoms with Gasteiger partial charge in [-0.2, -0.15) is 0 Å². The summed E-state index contributed by atoms with van der Waals surface area (Å²) in [7, 11) is 0. The van der Waals surface area contributed by atoms with E-state index in [1.807, 2.05) is 0 Å². The van der Waals surface area contributed by atoms with Crippen molar-refractivity contribution >= 4 is 17.1 Å². The lowest BCUT2D eigenvalue weighted by atomic mass is 9.74. The molecule has 0 saturated carbocycles. The SMILES string of the molecule is Cc1cc(CCC(=O)c2sc(C)c3c2CCC(C)(C)C3)cc(C)c1OCC1CO1. The van der Waals surface area contributed by atoms with Gasteiger partial charge in [-0.1, -0.05) is 26.0 Å². The highest BCUT2D eigenvalue weighted by atomic mass is 32.1. The Hall–Kier alpha value is -1.65. The molecule has 0 bridgehead atoms. The molecular weight excluding hydrogens is 380 g/mol. The summed E-state index contributed by atoms with van der Waals surface area (Å²) in [4.78, 5) is 15.4. The van der Waals surface area contributed by atoms with Crippen molar-refractivity contribution in [3.63, 3.8) is 0 Å². The molecule has 0 radical (unpaired) electrons. The normalized spacial score (nSPS) is 19.7. The topological polar surface area (TPSA) is 38.8 Å². The minimum absolute atomic E-state index is 0.261.